The lowest BCUT2D eigenvalue weighted by molar-refractivity contribution is -0.359. The van der Waals surface area contributed by atoms with Gasteiger partial charge in [0.05, 0.1) is 32.0 Å². The van der Waals surface area contributed by atoms with E-state index in [9.17, 15) is 45.6 Å². The van der Waals surface area contributed by atoms with Crippen LogP contribution in [0.5, 0.6) is 0 Å². The maximum Gasteiger partial charge on any atom is 0.220 e. The summed E-state index contributed by atoms with van der Waals surface area (Å²) in [6.45, 7) is 2.81. The summed E-state index contributed by atoms with van der Waals surface area (Å²) < 4.78 is 22.8. The highest BCUT2D eigenvalue weighted by molar-refractivity contribution is 5.76. The van der Waals surface area contributed by atoms with E-state index in [-0.39, 0.29) is 18.9 Å². The van der Waals surface area contributed by atoms with Crippen LogP contribution >= 0.6 is 0 Å². The lowest BCUT2D eigenvalue weighted by Crippen LogP contribution is -2.65. The van der Waals surface area contributed by atoms with Gasteiger partial charge in [-0.3, -0.25) is 4.79 Å². The molecule has 1 amide bonds. The van der Waals surface area contributed by atoms with E-state index in [0.29, 0.717) is 12.8 Å². The number of hydrogen-bond acceptors (Lipinski definition) is 13. The molecule has 2 saturated heterocycles. The second kappa shape index (κ2) is 50.0. The fourth-order valence-electron chi connectivity index (χ4n) is 10.9. The number of unbranched alkanes of at least 4 members (excludes halogenated alkanes) is 38. The van der Waals surface area contributed by atoms with Crippen LogP contribution in [0.4, 0.5) is 0 Å². The molecule has 0 aromatic carbocycles. The monoisotopic (exact) mass is 1110 g/mol. The number of allylic oxidation sites excluding steroid dienone is 3. The maximum atomic E-state index is 13.2. The van der Waals surface area contributed by atoms with Crippen molar-refractivity contribution in [3.05, 3.63) is 24.3 Å². The van der Waals surface area contributed by atoms with E-state index < -0.39 is 86.8 Å². The van der Waals surface area contributed by atoms with E-state index in [2.05, 4.69) is 31.3 Å². The van der Waals surface area contributed by atoms with Crippen molar-refractivity contribution in [3.8, 4) is 0 Å². The molecule has 2 fully saturated rings. The van der Waals surface area contributed by atoms with Crippen molar-refractivity contribution in [1.82, 2.24) is 5.32 Å². The number of hydrogen-bond donors (Lipinski definition) is 9. The van der Waals surface area contributed by atoms with Gasteiger partial charge in [-0.2, -0.15) is 0 Å². The highest BCUT2D eigenvalue weighted by atomic mass is 16.7. The summed E-state index contributed by atoms with van der Waals surface area (Å²) in [6.07, 6.45) is 43.9. The maximum absolute atomic E-state index is 13.2. The molecule has 0 aromatic heterocycles. The van der Waals surface area contributed by atoms with E-state index in [1.807, 2.05) is 6.08 Å². The Morgan fingerprint density at radius 3 is 1.26 bits per heavy atom. The smallest absolute Gasteiger partial charge is 0.220 e. The van der Waals surface area contributed by atoms with Crippen molar-refractivity contribution in [2.75, 3.05) is 19.8 Å². The molecule has 0 aliphatic carbocycles. The molecule has 12 unspecified atom stereocenters. The van der Waals surface area contributed by atoms with Gasteiger partial charge < -0.3 is 65.1 Å². The number of aliphatic hydroxyl groups is 8. The van der Waals surface area contributed by atoms with Crippen molar-refractivity contribution in [2.45, 2.75) is 357 Å². The SMILES string of the molecule is CCCCCCCCCCCCCCCCCCCCCCCCCC/C=C/CC/C=C/C(O)C(COC1OC(CO)C(OC2OC(CO)C(O)C(O)C2O)C(O)C1O)NC(=O)CCCCCCCCCCCCCCCC. The summed E-state index contributed by atoms with van der Waals surface area (Å²) in [5, 5.41) is 87.1. The summed E-state index contributed by atoms with van der Waals surface area (Å²) in [7, 11) is 0. The van der Waals surface area contributed by atoms with Crippen LogP contribution in [0.3, 0.4) is 0 Å². The Morgan fingerprint density at radius 1 is 0.449 bits per heavy atom. The number of nitrogens with one attached hydrogen (secondary N) is 1. The number of amides is 1. The molecular weight excluding hydrogens is 991 g/mol. The summed E-state index contributed by atoms with van der Waals surface area (Å²) >= 11 is 0. The molecule has 0 saturated carbocycles. The second-order valence-corrected chi connectivity index (χ2v) is 23.2. The van der Waals surface area contributed by atoms with Gasteiger partial charge in [-0.1, -0.05) is 269 Å². The van der Waals surface area contributed by atoms with E-state index in [4.69, 9.17) is 18.9 Å². The first-order valence-electron chi connectivity index (χ1n) is 32.6. The molecule has 14 heteroatoms. The average Bonchev–Trinajstić information content (AvgIpc) is 3.48. The summed E-state index contributed by atoms with van der Waals surface area (Å²) in [5.41, 5.74) is 0. The third-order valence-corrected chi connectivity index (χ3v) is 16.1. The zero-order valence-electron chi connectivity index (χ0n) is 49.7. The standard InChI is InChI=1S/C64H121NO13/c1-3-5-7-9-11-13-15-17-19-20-21-22-23-24-25-26-27-28-29-30-31-32-33-34-35-37-39-41-43-45-47-53(68)52(65-56(69)48-46-44-42-40-38-36-18-16-14-12-10-8-6-4-2)51-75-63-61(74)59(72)62(55(50-67)77-63)78-64-60(73)58(71)57(70)54(49-66)76-64/h37,39,45,47,52-55,57-64,66-68,70-74H,3-36,38,40-44,46,48-51H2,1-2H3,(H,65,69)/b39-37+,47-45+. The first-order valence-corrected chi connectivity index (χ1v) is 32.6. The van der Waals surface area contributed by atoms with Gasteiger partial charge in [-0.05, 0) is 32.1 Å². The van der Waals surface area contributed by atoms with Crippen LogP contribution in [-0.2, 0) is 23.7 Å². The van der Waals surface area contributed by atoms with Gasteiger partial charge in [-0.25, -0.2) is 0 Å². The molecule has 9 N–H and O–H groups in total. The number of carbonyl (C=O) groups is 1. The lowest BCUT2D eigenvalue weighted by Gasteiger charge is -2.46. The zero-order chi connectivity index (χ0) is 56.7. The predicted molar refractivity (Wildman–Crippen MR) is 314 cm³/mol. The Hall–Kier alpha value is -1.53. The third-order valence-electron chi connectivity index (χ3n) is 16.1. The van der Waals surface area contributed by atoms with Crippen LogP contribution < -0.4 is 5.32 Å². The zero-order valence-corrected chi connectivity index (χ0v) is 49.7. The number of carbonyl (C=O) groups excluding carboxylic acids is 1. The van der Waals surface area contributed by atoms with Crippen LogP contribution in [0.1, 0.15) is 284 Å². The topological polar surface area (TPSA) is 228 Å². The van der Waals surface area contributed by atoms with E-state index >= 15 is 0 Å². The largest absolute Gasteiger partial charge is 0.394 e. The second-order valence-electron chi connectivity index (χ2n) is 23.2. The molecule has 2 rings (SSSR count). The minimum Gasteiger partial charge on any atom is -0.394 e. The molecule has 2 aliphatic rings. The fourth-order valence-corrected chi connectivity index (χ4v) is 10.9. The molecular formula is C64H121NO13. The van der Waals surface area contributed by atoms with Crippen LogP contribution in [0.25, 0.3) is 0 Å². The highest BCUT2D eigenvalue weighted by Gasteiger charge is 2.51. The molecule has 2 heterocycles. The van der Waals surface area contributed by atoms with Gasteiger partial charge in [0.15, 0.2) is 12.6 Å². The quantitative estimate of drug-likeness (QED) is 0.0204. The van der Waals surface area contributed by atoms with Gasteiger partial charge in [-0.15, -0.1) is 0 Å². The van der Waals surface area contributed by atoms with E-state index in [1.54, 1.807) is 6.08 Å². The number of aliphatic hydroxyl groups excluding tert-OH is 8. The van der Waals surface area contributed by atoms with Crippen molar-refractivity contribution in [3.63, 3.8) is 0 Å². The summed E-state index contributed by atoms with van der Waals surface area (Å²) in [6, 6.07) is -0.928. The molecule has 14 nitrogen and oxygen atoms in total. The summed E-state index contributed by atoms with van der Waals surface area (Å²) in [4.78, 5) is 13.2. The minimum absolute atomic E-state index is 0.245. The summed E-state index contributed by atoms with van der Waals surface area (Å²) in [5.74, 6) is -0.245. The third kappa shape index (κ3) is 34.8. The molecule has 12 atom stereocenters. The normalized spacial score (nSPS) is 24.6. The molecule has 0 spiro atoms. The lowest BCUT2D eigenvalue weighted by atomic mass is 9.97. The van der Waals surface area contributed by atoms with Crippen molar-refractivity contribution in [1.29, 1.82) is 0 Å². The van der Waals surface area contributed by atoms with Crippen LogP contribution in [0.2, 0.25) is 0 Å². The average molecular weight is 1110 g/mol. The van der Waals surface area contributed by atoms with Crippen LogP contribution in [0.15, 0.2) is 24.3 Å². The van der Waals surface area contributed by atoms with Crippen LogP contribution in [0, 0.1) is 0 Å². The van der Waals surface area contributed by atoms with Crippen molar-refractivity contribution >= 4 is 5.91 Å². The molecule has 0 aromatic rings. The molecule has 0 radical (unpaired) electrons. The van der Waals surface area contributed by atoms with Gasteiger partial charge in [0.2, 0.25) is 5.91 Å². The van der Waals surface area contributed by atoms with E-state index in [1.165, 1.54) is 218 Å². The van der Waals surface area contributed by atoms with Gasteiger partial charge >= 0.3 is 0 Å². The Morgan fingerprint density at radius 2 is 0.821 bits per heavy atom. The molecule has 2 aliphatic heterocycles. The van der Waals surface area contributed by atoms with Gasteiger partial charge in [0.1, 0.15) is 48.8 Å². The Kier molecular flexibility index (Phi) is 46.5. The Bertz CT molecular complexity index is 1400. The van der Waals surface area contributed by atoms with Crippen molar-refractivity contribution < 1.29 is 64.6 Å². The fraction of sp³-hybridized carbons (Fsp3) is 0.922. The number of rotatable bonds is 53. The number of ether oxygens (including phenoxy) is 4. The highest BCUT2D eigenvalue weighted by Crippen LogP contribution is 2.30. The predicted octanol–water partition coefficient (Wildman–Crippen LogP) is 12.0. The van der Waals surface area contributed by atoms with E-state index in [0.717, 1.165) is 32.1 Å². The van der Waals surface area contributed by atoms with Gasteiger partial charge in [0, 0.05) is 6.42 Å². The van der Waals surface area contributed by atoms with Crippen LogP contribution in [-0.4, -0.2) is 140 Å². The van der Waals surface area contributed by atoms with Crippen molar-refractivity contribution in [2.24, 2.45) is 0 Å². The molecule has 78 heavy (non-hydrogen) atoms. The first kappa shape index (κ1) is 72.6. The first-order chi connectivity index (χ1) is 38.1. The Labute approximate surface area is 475 Å². The molecule has 0 bridgehead atoms. The molecule has 460 valence electrons. The van der Waals surface area contributed by atoms with Gasteiger partial charge in [0.25, 0.3) is 0 Å². The minimum atomic E-state index is -1.79. The Balaban J connectivity index is 1.69.